The molecule has 1 saturated heterocycles. The van der Waals surface area contributed by atoms with E-state index in [4.69, 9.17) is 11.6 Å². The minimum absolute atomic E-state index is 0.106. The van der Waals surface area contributed by atoms with Gasteiger partial charge in [-0.1, -0.05) is 35.9 Å². The van der Waals surface area contributed by atoms with E-state index in [2.05, 4.69) is 21.0 Å². The van der Waals surface area contributed by atoms with Crippen molar-refractivity contribution in [2.45, 2.75) is 26.6 Å². The number of nitrogens with zero attached hydrogens (tertiary/aromatic N) is 4. The van der Waals surface area contributed by atoms with Crippen molar-refractivity contribution in [2.75, 3.05) is 26.2 Å². The molecule has 1 aromatic carbocycles. The Hall–Kier alpha value is -1.40. The topological polar surface area (TPSA) is 44.5 Å². The molecule has 24 heavy (non-hydrogen) atoms. The number of aliphatic hydroxyl groups is 1. The number of piperazine rings is 1. The molecule has 0 spiro atoms. The molecular weight excluding hydrogens is 324 g/mol. The van der Waals surface area contributed by atoms with Crippen LogP contribution in [-0.2, 0) is 26.7 Å². The number of hydrogen-bond donors (Lipinski definition) is 1. The van der Waals surface area contributed by atoms with E-state index >= 15 is 0 Å². The van der Waals surface area contributed by atoms with Gasteiger partial charge < -0.3 is 5.11 Å². The van der Waals surface area contributed by atoms with Gasteiger partial charge in [0.15, 0.2) is 0 Å². The van der Waals surface area contributed by atoms with Crippen molar-refractivity contribution in [1.82, 2.24) is 19.6 Å². The Kier molecular flexibility index (Phi) is 5.56. The van der Waals surface area contributed by atoms with Crippen LogP contribution in [0.2, 0.25) is 5.15 Å². The predicted octanol–water partition coefficient (Wildman–Crippen LogP) is 2.19. The predicted molar refractivity (Wildman–Crippen MR) is 95.9 cm³/mol. The van der Waals surface area contributed by atoms with E-state index in [0.29, 0.717) is 0 Å². The molecule has 0 bridgehead atoms. The smallest absolute Gasteiger partial charge is 0.131 e. The van der Waals surface area contributed by atoms with E-state index in [1.54, 1.807) is 4.68 Å². The van der Waals surface area contributed by atoms with Crippen molar-refractivity contribution in [3.8, 4) is 0 Å². The maximum atomic E-state index is 9.46. The third-order valence-electron chi connectivity index (χ3n) is 4.80. The highest BCUT2D eigenvalue weighted by Gasteiger charge is 2.20. The largest absolute Gasteiger partial charge is 0.392 e. The Bertz CT molecular complexity index is 692. The van der Waals surface area contributed by atoms with Crippen LogP contribution in [0, 0.1) is 6.92 Å². The molecule has 5 nitrogen and oxygen atoms in total. The molecule has 3 rings (SSSR count). The summed E-state index contributed by atoms with van der Waals surface area (Å²) in [5, 5.41) is 14.6. The fourth-order valence-electron chi connectivity index (χ4n) is 3.29. The average Bonchev–Trinajstić information content (AvgIpc) is 2.83. The molecule has 2 aromatic rings. The van der Waals surface area contributed by atoms with Crippen molar-refractivity contribution >= 4 is 11.6 Å². The normalized spacial score (nSPS) is 16.7. The summed E-state index contributed by atoms with van der Waals surface area (Å²) in [6.07, 6.45) is 0. The molecule has 0 aliphatic carbocycles. The van der Waals surface area contributed by atoms with Crippen LogP contribution in [0.15, 0.2) is 24.3 Å². The van der Waals surface area contributed by atoms with E-state index in [1.807, 2.05) is 32.2 Å². The Labute approximate surface area is 148 Å². The van der Waals surface area contributed by atoms with Crippen LogP contribution in [0.1, 0.15) is 22.4 Å². The van der Waals surface area contributed by atoms with Gasteiger partial charge in [0.1, 0.15) is 5.15 Å². The first-order valence-electron chi connectivity index (χ1n) is 8.39. The van der Waals surface area contributed by atoms with Crippen LogP contribution < -0.4 is 0 Å². The lowest BCUT2D eigenvalue weighted by molar-refractivity contribution is 0.121. The summed E-state index contributed by atoms with van der Waals surface area (Å²) in [5.74, 6) is 0. The van der Waals surface area contributed by atoms with Crippen molar-refractivity contribution in [3.05, 3.63) is 51.8 Å². The SMILES string of the molecule is Cc1nn(C)c(Cl)c1CN1CCN(Cc2ccccc2CO)CC1. The summed E-state index contributed by atoms with van der Waals surface area (Å²) >= 11 is 6.34. The van der Waals surface area contributed by atoms with Gasteiger partial charge in [0.05, 0.1) is 12.3 Å². The molecule has 130 valence electrons. The standard InChI is InChI=1S/C18H25ClN4O/c1-14-17(18(19)21(2)20-14)12-23-9-7-22(8-10-23)11-15-5-3-4-6-16(15)13-24/h3-6,24H,7-13H2,1-2H3. The van der Waals surface area contributed by atoms with Gasteiger partial charge >= 0.3 is 0 Å². The zero-order chi connectivity index (χ0) is 17.1. The summed E-state index contributed by atoms with van der Waals surface area (Å²) in [6, 6.07) is 8.13. The molecular formula is C18H25ClN4O. The van der Waals surface area contributed by atoms with Crippen LogP contribution in [0.4, 0.5) is 0 Å². The van der Waals surface area contributed by atoms with Crippen LogP contribution in [-0.4, -0.2) is 50.9 Å². The number of halogens is 1. The maximum absolute atomic E-state index is 9.46. The second-order valence-electron chi connectivity index (χ2n) is 6.46. The molecule has 6 heteroatoms. The van der Waals surface area contributed by atoms with E-state index in [1.165, 1.54) is 5.56 Å². The zero-order valence-electron chi connectivity index (χ0n) is 14.4. The van der Waals surface area contributed by atoms with Gasteiger partial charge in [-0.3, -0.25) is 14.5 Å². The van der Waals surface area contributed by atoms with Crippen molar-refractivity contribution in [1.29, 1.82) is 0 Å². The Morgan fingerprint density at radius 1 is 1.04 bits per heavy atom. The number of aryl methyl sites for hydroxylation is 2. The number of aromatic nitrogens is 2. The molecule has 2 heterocycles. The van der Waals surface area contributed by atoms with Crippen LogP contribution in [0.25, 0.3) is 0 Å². The van der Waals surface area contributed by atoms with E-state index in [9.17, 15) is 5.11 Å². The molecule has 1 aliphatic rings. The highest BCUT2D eigenvalue weighted by atomic mass is 35.5. The molecule has 0 amide bonds. The van der Waals surface area contributed by atoms with E-state index < -0.39 is 0 Å². The monoisotopic (exact) mass is 348 g/mol. The number of rotatable bonds is 5. The van der Waals surface area contributed by atoms with Gasteiger partial charge in [0.2, 0.25) is 0 Å². The highest BCUT2D eigenvalue weighted by molar-refractivity contribution is 6.30. The Balaban J connectivity index is 1.56. The quantitative estimate of drug-likeness (QED) is 0.899. The van der Waals surface area contributed by atoms with Crippen molar-refractivity contribution < 1.29 is 5.11 Å². The summed E-state index contributed by atoms with van der Waals surface area (Å²) < 4.78 is 1.74. The summed E-state index contributed by atoms with van der Waals surface area (Å²) in [7, 11) is 1.88. The first kappa shape index (κ1) is 17.4. The minimum Gasteiger partial charge on any atom is -0.392 e. The van der Waals surface area contributed by atoms with Gasteiger partial charge in [-0.2, -0.15) is 5.10 Å². The lowest BCUT2D eigenvalue weighted by atomic mass is 10.1. The number of benzene rings is 1. The molecule has 1 aromatic heterocycles. The third-order valence-corrected chi connectivity index (χ3v) is 5.27. The second-order valence-corrected chi connectivity index (χ2v) is 6.82. The molecule has 0 atom stereocenters. The Morgan fingerprint density at radius 3 is 2.17 bits per heavy atom. The maximum Gasteiger partial charge on any atom is 0.131 e. The molecule has 1 fully saturated rings. The first-order chi connectivity index (χ1) is 11.6. The fraction of sp³-hybridized carbons (Fsp3) is 0.500. The third kappa shape index (κ3) is 3.81. The van der Waals surface area contributed by atoms with Gasteiger partial charge in [-0.05, 0) is 18.1 Å². The first-order valence-corrected chi connectivity index (χ1v) is 8.76. The van der Waals surface area contributed by atoms with E-state index in [-0.39, 0.29) is 6.61 Å². The molecule has 0 saturated carbocycles. The number of aliphatic hydroxyl groups excluding tert-OH is 1. The summed E-state index contributed by atoms with van der Waals surface area (Å²) in [4.78, 5) is 4.88. The van der Waals surface area contributed by atoms with Gasteiger partial charge in [-0.15, -0.1) is 0 Å². The van der Waals surface area contributed by atoms with Gasteiger partial charge in [0.25, 0.3) is 0 Å². The summed E-state index contributed by atoms with van der Waals surface area (Å²) in [6.45, 7) is 7.97. The van der Waals surface area contributed by atoms with Crippen LogP contribution in [0.5, 0.6) is 0 Å². The van der Waals surface area contributed by atoms with Gasteiger partial charge in [0, 0.05) is 51.9 Å². The number of hydrogen-bond acceptors (Lipinski definition) is 4. The Morgan fingerprint density at radius 2 is 1.62 bits per heavy atom. The fourth-order valence-corrected chi connectivity index (χ4v) is 3.52. The van der Waals surface area contributed by atoms with Crippen molar-refractivity contribution in [3.63, 3.8) is 0 Å². The van der Waals surface area contributed by atoms with E-state index in [0.717, 1.165) is 61.2 Å². The molecule has 1 aliphatic heterocycles. The van der Waals surface area contributed by atoms with Crippen LogP contribution in [0.3, 0.4) is 0 Å². The van der Waals surface area contributed by atoms with Crippen molar-refractivity contribution in [2.24, 2.45) is 7.05 Å². The lowest BCUT2D eigenvalue weighted by Gasteiger charge is -2.35. The average molecular weight is 349 g/mol. The summed E-state index contributed by atoms with van der Waals surface area (Å²) in [5.41, 5.74) is 4.40. The highest BCUT2D eigenvalue weighted by Crippen LogP contribution is 2.21. The zero-order valence-corrected chi connectivity index (χ0v) is 15.1. The molecule has 0 unspecified atom stereocenters. The van der Waals surface area contributed by atoms with Gasteiger partial charge in [-0.25, -0.2) is 0 Å². The lowest BCUT2D eigenvalue weighted by Crippen LogP contribution is -2.45. The molecule has 0 radical (unpaired) electrons. The van der Waals surface area contributed by atoms with Crippen LogP contribution >= 0.6 is 11.6 Å². The second kappa shape index (κ2) is 7.66. The minimum atomic E-state index is 0.106. The molecule has 1 N–H and O–H groups in total.